The van der Waals surface area contributed by atoms with E-state index in [0.717, 1.165) is 32.0 Å². The third kappa shape index (κ3) is 4.69. The number of ether oxygens (including phenoxy) is 1. The second-order valence-electron chi connectivity index (χ2n) is 5.63. The lowest BCUT2D eigenvalue weighted by atomic mass is 10.1. The van der Waals surface area contributed by atoms with E-state index in [0.29, 0.717) is 17.0 Å². The molecule has 0 radical (unpaired) electrons. The van der Waals surface area contributed by atoms with Gasteiger partial charge in [0.15, 0.2) is 0 Å². The Hall–Kier alpha value is -2.62. The van der Waals surface area contributed by atoms with Gasteiger partial charge in [-0.15, -0.1) is 0 Å². The number of aliphatic hydroxyl groups is 1. The molecule has 1 aliphatic heterocycles. The van der Waals surface area contributed by atoms with Gasteiger partial charge >= 0.3 is 0 Å². The van der Waals surface area contributed by atoms with Crippen LogP contribution in [0.5, 0.6) is 5.88 Å². The fourth-order valence-electron chi connectivity index (χ4n) is 2.59. The molecule has 130 valence electrons. The fraction of sp³-hybridized carbons (Fsp3) is 0.316. The molecule has 5 nitrogen and oxygen atoms in total. The second kappa shape index (κ2) is 8.47. The van der Waals surface area contributed by atoms with Crippen LogP contribution in [0.4, 0.5) is 10.2 Å². The van der Waals surface area contributed by atoms with Crippen molar-refractivity contribution in [1.29, 1.82) is 0 Å². The quantitative estimate of drug-likeness (QED) is 0.827. The zero-order chi connectivity index (χ0) is 17.5. The molecule has 0 aliphatic carbocycles. The zero-order valence-corrected chi connectivity index (χ0v) is 13.8. The highest BCUT2D eigenvalue weighted by molar-refractivity contribution is 5.41. The summed E-state index contributed by atoms with van der Waals surface area (Å²) < 4.78 is 19.8. The molecule has 1 saturated heterocycles. The Morgan fingerprint density at radius 2 is 2.08 bits per heavy atom. The first kappa shape index (κ1) is 17.2. The first-order chi connectivity index (χ1) is 12.3. The molecule has 2 N–H and O–H groups in total. The summed E-state index contributed by atoms with van der Waals surface area (Å²) in [4.78, 5) is 6.70. The minimum Gasteiger partial charge on any atom is -0.473 e. The van der Waals surface area contributed by atoms with Gasteiger partial charge in [0.25, 0.3) is 0 Å². The van der Waals surface area contributed by atoms with Gasteiger partial charge in [-0.1, -0.05) is 24.0 Å². The van der Waals surface area contributed by atoms with E-state index in [1.165, 1.54) is 6.07 Å². The Kier molecular flexibility index (Phi) is 5.83. The summed E-state index contributed by atoms with van der Waals surface area (Å²) in [5.74, 6) is 6.13. The van der Waals surface area contributed by atoms with Crippen LogP contribution in [0.25, 0.3) is 0 Å². The minimum absolute atomic E-state index is 0.0948. The van der Waals surface area contributed by atoms with Crippen molar-refractivity contribution in [2.45, 2.75) is 6.61 Å². The number of hydrogen-bond donors (Lipinski definition) is 2. The number of pyridine rings is 1. The smallest absolute Gasteiger partial charge is 0.215 e. The highest BCUT2D eigenvalue weighted by Gasteiger charge is 2.12. The maximum atomic E-state index is 14.1. The summed E-state index contributed by atoms with van der Waals surface area (Å²) in [7, 11) is 0. The van der Waals surface area contributed by atoms with Crippen molar-refractivity contribution >= 4 is 5.82 Å². The molecule has 1 fully saturated rings. The largest absolute Gasteiger partial charge is 0.473 e. The number of rotatable bonds is 4. The van der Waals surface area contributed by atoms with Gasteiger partial charge in [-0.3, -0.25) is 0 Å². The molecule has 1 aromatic carbocycles. The SMILES string of the molecule is OCC#Cc1ccc(COc2cccc(N3CCNCC3)n2)c(F)c1. The molecule has 0 spiro atoms. The molecule has 1 aliphatic rings. The molecule has 6 heteroatoms. The van der Waals surface area contributed by atoms with E-state index in [1.807, 2.05) is 12.1 Å². The summed E-state index contributed by atoms with van der Waals surface area (Å²) in [5.41, 5.74) is 0.957. The molecule has 2 heterocycles. The Labute approximate surface area is 146 Å². The fourth-order valence-corrected chi connectivity index (χ4v) is 2.59. The van der Waals surface area contributed by atoms with Crippen molar-refractivity contribution < 1.29 is 14.2 Å². The predicted molar refractivity (Wildman–Crippen MR) is 94.0 cm³/mol. The lowest BCUT2D eigenvalue weighted by molar-refractivity contribution is 0.288. The second-order valence-corrected chi connectivity index (χ2v) is 5.63. The molecule has 2 aromatic rings. The van der Waals surface area contributed by atoms with Crippen molar-refractivity contribution in [1.82, 2.24) is 10.3 Å². The van der Waals surface area contributed by atoms with Crippen LogP contribution in [0, 0.1) is 17.7 Å². The minimum atomic E-state index is -0.386. The molecule has 0 unspecified atom stereocenters. The first-order valence-electron chi connectivity index (χ1n) is 8.20. The van der Waals surface area contributed by atoms with Gasteiger partial charge in [0.05, 0.1) is 0 Å². The van der Waals surface area contributed by atoms with Crippen LogP contribution in [0.3, 0.4) is 0 Å². The number of piperazine rings is 1. The van der Waals surface area contributed by atoms with Crippen LogP contribution in [0.1, 0.15) is 11.1 Å². The van der Waals surface area contributed by atoms with Crippen LogP contribution < -0.4 is 15.0 Å². The molecule has 25 heavy (non-hydrogen) atoms. The Morgan fingerprint density at radius 1 is 1.24 bits per heavy atom. The van der Waals surface area contributed by atoms with Gasteiger partial charge in [0.1, 0.15) is 24.8 Å². The molecule has 3 rings (SSSR count). The normalized spacial score (nSPS) is 13.9. The summed E-state index contributed by atoms with van der Waals surface area (Å²) in [6.45, 7) is 3.52. The van der Waals surface area contributed by atoms with E-state index in [-0.39, 0.29) is 19.0 Å². The van der Waals surface area contributed by atoms with E-state index >= 15 is 0 Å². The number of nitrogens with zero attached hydrogens (tertiary/aromatic N) is 2. The van der Waals surface area contributed by atoms with Gasteiger partial charge < -0.3 is 20.1 Å². The molecule has 0 amide bonds. The first-order valence-corrected chi connectivity index (χ1v) is 8.20. The van der Waals surface area contributed by atoms with Crippen LogP contribution in [0.2, 0.25) is 0 Å². The average Bonchev–Trinajstić information content (AvgIpc) is 2.66. The topological polar surface area (TPSA) is 57.6 Å². The van der Waals surface area contributed by atoms with Crippen LogP contribution >= 0.6 is 0 Å². The van der Waals surface area contributed by atoms with Crippen LogP contribution in [-0.4, -0.2) is 42.9 Å². The average molecular weight is 341 g/mol. The predicted octanol–water partition coefficient (Wildman–Crippen LogP) is 1.55. The highest BCUT2D eigenvalue weighted by Crippen LogP contribution is 2.18. The lowest BCUT2D eigenvalue weighted by Crippen LogP contribution is -2.43. The number of hydrogen-bond acceptors (Lipinski definition) is 5. The van der Waals surface area contributed by atoms with Crippen molar-refractivity contribution in [2.24, 2.45) is 0 Å². The van der Waals surface area contributed by atoms with Crippen molar-refractivity contribution in [3.05, 3.63) is 53.3 Å². The molecule has 0 atom stereocenters. The summed E-state index contributed by atoms with van der Waals surface area (Å²) in [6, 6.07) is 10.3. The molecular weight excluding hydrogens is 321 g/mol. The van der Waals surface area contributed by atoms with Gasteiger partial charge in [-0.2, -0.15) is 4.98 Å². The zero-order valence-electron chi connectivity index (χ0n) is 13.8. The number of halogens is 1. The van der Waals surface area contributed by atoms with Crippen LogP contribution in [0.15, 0.2) is 36.4 Å². The Bertz CT molecular complexity index is 780. The van der Waals surface area contributed by atoms with E-state index < -0.39 is 0 Å². The number of benzene rings is 1. The van der Waals surface area contributed by atoms with Crippen molar-refractivity contribution in [3.8, 4) is 17.7 Å². The van der Waals surface area contributed by atoms with Crippen molar-refractivity contribution in [2.75, 3.05) is 37.7 Å². The molecule has 0 bridgehead atoms. The number of nitrogens with one attached hydrogen (secondary N) is 1. The van der Waals surface area contributed by atoms with Gasteiger partial charge in [0, 0.05) is 43.4 Å². The van der Waals surface area contributed by atoms with Crippen LogP contribution in [-0.2, 0) is 6.61 Å². The summed E-state index contributed by atoms with van der Waals surface area (Å²) >= 11 is 0. The third-order valence-electron chi connectivity index (χ3n) is 3.89. The number of aliphatic hydroxyl groups excluding tert-OH is 1. The summed E-state index contributed by atoms with van der Waals surface area (Å²) in [5, 5.41) is 12.0. The van der Waals surface area contributed by atoms with Crippen molar-refractivity contribution in [3.63, 3.8) is 0 Å². The van der Waals surface area contributed by atoms with E-state index in [4.69, 9.17) is 9.84 Å². The van der Waals surface area contributed by atoms with E-state index in [9.17, 15) is 4.39 Å². The van der Waals surface area contributed by atoms with Gasteiger partial charge in [-0.05, 0) is 18.2 Å². The maximum Gasteiger partial charge on any atom is 0.215 e. The Balaban J connectivity index is 1.65. The number of anilines is 1. The van der Waals surface area contributed by atoms with E-state index in [1.54, 1.807) is 18.2 Å². The van der Waals surface area contributed by atoms with Gasteiger partial charge in [0.2, 0.25) is 5.88 Å². The molecular formula is C19H20FN3O2. The molecule has 1 aromatic heterocycles. The number of aromatic nitrogens is 1. The highest BCUT2D eigenvalue weighted by atomic mass is 19.1. The van der Waals surface area contributed by atoms with Gasteiger partial charge in [-0.25, -0.2) is 4.39 Å². The standard InChI is InChI=1S/C19H20FN3O2/c20-17-13-15(3-2-12-24)6-7-16(17)14-25-19-5-1-4-18(22-19)23-10-8-21-9-11-23/h1,4-7,13,21,24H,8-12,14H2. The monoisotopic (exact) mass is 341 g/mol. The lowest BCUT2D eigenvalue weighted by Gasteiger charge is -2.28. The summed E-state index contributed by atoms with van der Waals surface area (Å²) in [6.07, 6.45) is 0. The third-order valence-corrected chi connectivity index (χ3v) is 3.89. The van der Waals surface area contributed by atoms with E-state index in [2.05, 4.69) is 27.0 Å². The molecule has 0 saturated carbocycles. The maximum absolute atomic E-state index is 14.1. The Morgan fingerprint density at radius 3 is 2.84 bits per heavy atom.